The predicted octanol–water partition coefficient (Wildman–Crippen LogP) is 5.82. The Morgan fingerprint density at radius 1 is 0.971 bits per heavy atom. The van der Waals surface area contributed by atoms with Gasteiger partial charge in [-0.2, -0.15) is 0 Å². The summed E-state index contributed by atoms with van der Waals surface area (Å²) >= 11 is 0. The summed E-state index contributed by atoms with van der Waals surface area (Å²) in [4.78, 5) is 16.0. The monoisotopic (exact) mass is 454 g/mol. The number of benzene rings is 3. The molecule has 5 heteroatoms. The number of ether oxygens (including phenoxy) is 2. The van der Waals surface area contributed by atoms with Crippen molar-refractivity contribution < 1.29 is 14.3 Å². The molecule has 0 aromatic heterocycles. The first-order chi connectivity index (χ1) is 16.2. The highest BCUT2D eigenvalue weighted by atomic mass is 16.5. The van der Waals surface area contributed by atoms with Crippen LogP contribution in [0.15, 0.2) is 59.6 Å². The first-order valence-electron chi connectivity index (χ1n) is 11.6. The van der Waals surface area contributed by atoms with E-state index in [0.29, 0.717) is 6.41 Å². The molecule has 0 radical (unpaired) electrons. The van der Waals surface area contributed by atoms with Crippen LogP contribution in [0.5, 0.6) is 11.5 Å². The summed E-state index contributed by atoms with van der Waals surface area (Å²) in [5, 5.41) is 2.69. The van der Waals surface area contributed by atoms with Crippen LogP contribution in [0.2, 0.25) is 0 Å². The number of methoxy groups -OCH3 is 1. The fourth-order valence-corrected chi connectivity index (χ4v) is 5.10. The molecule has 5 rings (SSSR count). The van der Waals surface area contributed by atoms with Gasteiger partial charge >= 0.3 is 0 Å². The van der Waals surface area contributed by atoms with E-state index in [4.69, 9.17) is 14.5 Å². The molecule has 2 aliphatic heterocycles. The van der Waals surface area contributed by atoms with E-state index in [1.165, 1.54) is 16.7 Å². The molecule has 1 N–H and O–H groups in total. The zero-order valence-corrected chi connectivity index (χ0v) is 20.4. The van der Waals surface area contributed by atoms with E-state index in [9.17, 15) is 4.79 Å². The van der Waals surface area contributed by atoms with Crippen molar-refractivity contribution in [2.45, 2.75) is 51.7 Å². The van der Waals surface area contributed by atoms with Crippen LogP contribution in [-0.4, -0.2) is 30.4 Å². The molecule has 3 aromatic rings. The molecule has 0 bridgehead atoms. The quantitative estimate of drug-likeness (QED) is 0.495. The minimum atomic E-state index is -0.290. The lowest BCUT2D eigenvalue weighted by Gasteiger charge is -2.31. The lowest BCUT2D eigenvalue weighted by atomic mass is 9.80. The van der Waals surface area contributed by atoms with Crippen LogP contribution in [0.1, 0.15) is 49.9 Å². The Kier molecular flexibility index (Phi) is 5.23. The number of hydrogen-bond donors (Lipinski definition) is 1. The molecule has 174 valence electrons. The van der Waals surface area contributed by atoms with Crippen molar-refractivity contribution in [3.63, 3.8) is 0 Å². The largest absolute Gasteiger partial charge is 0.493 e. The topological polar surface area (TPSA) is 59.9 Å². The average molecular weight is 455 g/mol. The SMILES string of the molecule is COc1cc2c(c3c1OC(C)(C)C3)C(c1cccc(-c3ccc(NC=O)cc3)c1)=NC(C)(C)C2. The number of carbonyl (C=O) groups excluding carboxylic acids is 1. The molecule has 3 aromatic carbocycles. The fourth-order valence-electron chi connectivity index (χ4n) is 5.10. The molecule has 0 aliphatic carbocycles. The Bertz CT molecular complexity index is 1300. The molecule has 0 fully saturated rings. The second-order valence-corrected chi connectivity index (χ2v) is 10.3. The van der Waals surface area contributed by atoms with Gasteiger partial charge in [0.05, 0.1) is 18.4 Å². The van der Waals surface area contributed by atoms with Crippen LogP contribution < -0.4 is 14.8 Å². The lowest BCUT2D eigenvalue weighted by molar-refractivity contribution is -0.105. The van der Waals surface area contributed by atoms with Crippen molar-refractivity contribution in [1.82, 2.24) is 0 Å². The van der Waals surface area contributed by atoms with E-state index in [1.807, 2.05) is 24.3 Å². The van der Waals surface area contributed by atoms with Crippen LogP contribution in [0.25, 0.3) is 11.1 Å². The maximum atomic E-state index is 10.7. The Labute approximate surface area is 200 Å². The van der Waals surface area contributed by atoms with Crippen LogP contribution in [0.3, 0.4) is 0 Å². The van der Waals surface area contributed by atoms with Gasteiger partial charge in [0.25, 0.3) is 0 Å². The number of nitrogens with zero attached hydrogens (tertiary/aromatic N) is 1. The smallest absolute Gasteiger partial charge is 0.211 e. The van der Waals surface area contributed by atoms with Gasteiger partial charge in [0, 0.05) is 28.8 Å². The van der Waals surface area contributed by atoms with Crippen LogP contribution in [-0.2, 0) is 17.6 Å². The molecule has 34 heavy (non-hydrogen) atoms. The number of fused-ring (bicyclic) bond motifs is 3. The van der Waals surface area contributed by atoms with Crippen LogP contribution in [0, 0.1) is 0 Å². The van der Waals surface area contributed by atoms with Crippen molar-refractivity contribution in [2.24, 2.45) is 4.99 Å². The number of hydrogen-bond acceptors (Lipinski definition) is 4. The highest BCUT2D eigenvalue weighted by molar-refractivity contribution is 6.16. The molecule has 0 spiro atoms. The Balaban J connectivity index is 1.64. The second-order valence-electron chi connectivity index (χ2n) is 10.3. The third-order valence-corrected chi connectivity index (χ3v) is 6.48. The predicted molar refractivity (Wildman–Crippen MR) is 136 cm³/mol. The summed E-state index contributed by atoms with van der Waals surface area (Å²) in [5.74, 6) is 1.64. The molecule has 2 heterocycles. The Hall–Kier alpha value is -3.60. The van der Waals surface area contributed by atoms with Gasteiger partial charge in [-0.25, -0.2) is 0 Å². The average Bonchev–Trinajstić information content (AvgIpc) is 3.13. The van der Waals surface area contributed by atoms with E-state index < -0.39 is 0 Å². The van der Waals surface area contributed by atoms with Gasteiger partial charge in [0.1, 0.15) is 5.60 Å². The van der Waals surface area contributed by atoms with Crippen molar-refractivity contribution >= 4 is 17.8 Å². The number of nitrogens with one attached hydrogen (secondary N) is 1. The van der Waals surface area contributed by atoms with E-state index in [2.05, 4.69) is 63.3 Å². The standard InChI is InChI=1S/C29H30N2O3/c1-28(2)15-21-14-24(33-5)27-23(16-29(3,4)34-27)25(21)26(31-28)20-8-6-7-19(13-20)18-9-11-22(12-10-18)30-17-32/h6-14,17H,15-16H2,1-5H3,(H,30,32). The van der Waals surface area contributed by atoms with Gasteiger partial charge in [0.15, 0.2) is 11.5 Å². The normalized spacial score (nSPS) is 17.1. The van der Waals surface area contributed by atoms with Crippen LogP contribution >= 0.6 is 0 Å². The van der Waals surface area contributed by atoms with Gasteiger partial charge in [-0.3, -0.25) is 9.79 Å². The minimum absolute atomic E-state index is 0.227. The second kappa shape index (κ2) is 8.01. The summed E-state index contributed by atoms with van der Waals surface area (Å²) in [6, 6.07) is 18.5. The van der Waals surface area contributed by atoms with E-state index in [0.717, 1.165) is 52.4 Å². The molecular weight excluding hydrogens is 424 g/mol. The number of rotatable bonds is 5. The minimum Gasteiger partial charge on any atom is -0.493 e. The number of amides is 1. The summed E-state index contributed by atoms with van der Waals surface area (Å²) in [5.41, 5.74) is 8.15. The highest BCUT2D eigenvalue weighted by Gasteiger charge is 2.39. The molecule has 2 aliphatic rings. The number of carbonyl (C=O) groups is 1. The molecule has 0 saturated heterocycles. The van der Waals surface area contributed by atoms with E-state index in [-0.39, 0.29) is 11.1 Å². The summed E-state index contributed by atoms with van der Waals surface area (Å²) < 4.78 is 12.1. The van der Waals surface area contributed by atoms with Crippen molar-refractivity contribution in [2.75, 3.05) is 12.4 Å². The van der Waals surface area contributed by atoms with Crippen molar-refractivity contribution in [3.8, 4) is 22.6 Å². The van der Waals surface area contributed by atoms with Crippen molar-refractivity contribution in [3.05, 3.63) is 76.9 Å². The molecule has 0 saturated carbocycles. The lowest BCUT2D eigenvalue weighted by Crippen LogP contribution is -2.30. The highest BCUT2D eigenvalue weighted by Crippen LogP contribution is 2.48. The molecule has 1 amide bonds. The first-order valence-corrected chi connectivity index (χ1v) is 11.6. The summed E-state index contributed by atoms with van der Waals surface area (Å²) in [6.45, 7) is 8.59. The number of anilines is 1. The maximum absolute atomic E-state index is 10.7. The molecular formula is C29H30N2O3. The van der Waals surface area contributed by atoms with Gasteiger partial charge in [-0.15, -0.1) is 0 Å². The summed E-state index contributed by atoms with van der Waals surface area (Å²) in [6.07, 6.45) is 2.35. The van der Waals surface area contributed by atoms with Gasteiger partial charge < -0.3 is 14.8 Å². The number of aliphatic imine (C=N–C) groups is 1. The molecule has 0 atom stereocenters. The van der Waals surface area contributed by atoms with Gasteiger partial charge in [-0.05, 0) is 75.1 Å². The zero-order valence-electron chi connectivity index (χ0n) is 20.4. The summed E-state index contributed by atoms with van der Waals surface area (Å²) in [7, 11) is 1.71. The van der Waals surface area contributed by atoms with E-state index in [1.54, 1.807) is 7.11 Å². The molecule has 0 unspecified atom stereocenters. The fraction of sp³-hybridized carbons (Fsp3) is 0.310. The maximum Gasteiger partial charge on any atom is 0.211 e. The third kappa shape index (κ3) is 3.96. The Morgan fingerprint density at radius 3 is 2.41 bits per heavy atom. The van der Waals surface area contributed by atoms with Gasteiger partial charge in [-0.1, -0.05) is 30.3 Å². The van der Waals surface area contributed by atoms with E-state index >= 15 is 0 Å². The Morgan fingerprint density at radius 2 is 1.71 bits per heavy atom. The molecule has 5 nitrogen and oxygen atoms in total. The van der Waals surface area contributed by atoms with Gasteiger partial charge in [0.2, 0.25) is 6.41 Å². The van der Waals surface area contributed by atoms with Crippen LogP contribution in [0.4, 0.5) is 5.69 Å². The third-order valence-electron chi connectivity index (χ3n) is 6.48. The van der Waals surface area contributed by atoms with Crippen molar-refractivity contribution in [1.29, 1.82) is 0 Å². The zero-order chi connectivity index (χ0) is 24.1. The first kappa shape index (κ1) is 22.2.